The van der Waals surface area contributed by atoms with Crippen molar-refractivity contribution in [3.8, 4) is 5.75 Å². The number of anilines is 1. The Morgan fingerprint density at radius 1 is 1.17 bits per heavy atom. The Bertz CT molecular complexity index is 1140. The first-order valence-electron chi connectivity index (χ1n) is 8.23. The molecule has 0 aliphatic heterocycles. The predicted octanol–water partition coefficient (Wildman–Crippen LogP) is 2.64. The lowest BCUT2D eigenvalue weighted by Crippen LogP contribution is -2.24. The van der Waals surface area contributed by atoms with Gasteiger partial charge in [-0.2, -0.15) is 5.10 Å². The second-order valence-corrected chi connectivity index (χ2v) is 6.42. The maximum Gasteiger partial charge on any atom is 0.255 e. The molecule has 150 valence electrons. The highest BCUT2D eigenvalue weighted by Crippen LogP contribution is 2.23. The van der Waals surface area contributed by atoms with Crippen LogP contribution in [0.3, 0.4) is 0 Å². The van der Waals surface area contributed by atoms with Gasteiger partial charge in [-0.3, -0.25) is 14.7 Å². The molecule has 2 aromatic carbocycles. The number of aromatic nitrogens is 3. The van der Waals surface area contributed by atoms with Crippen LogP contribution in [0, 0.1) is 16.4 Å². The first kappa shape index (κ1) is 20.1. The van der Waals surface area contributed by atoms with Gasteiger partial charge < -0.3 is 20.3 Å². The fourth-order valence-corrected chi connectivity index (χ4v) is 2.63. The van der Waals surface area contributed by atoms with Crippen molar-refractivity contribution in [1.29, 1.82) is 0 Å². The molecule has 0 aliphatic rings. The minimum absolute atomic E-state index is 0.0309. The normalized spacial score (nSPS) is 10.6. The third kappa shape index (κ3) is 4.63. The second-order valence-electron chi connectivity index (χ2n) is 6.03. The number of nitrogens with one attached hydrogen (secondary N) is 3. The van der Waals surface area contributed by atoms with Crippen molar-refractivity contribution < 1.29 is 23.5 Å². The highest BCUT2D eigenvalue weighted by atomic mass is 32.1. The number of benzene rings is 2. The number of aromatic amines is 1. The van der Waals surface area contributed by atoms with E-state index in [-0.39, 0.29) is 29.1 Å². The number of phenols is 1. The highest BCUT2D eigenvalue weighted by Gasteiger charge is 2.15. The molecule has 3 rings (SSSR count). The fourth-order valence-electron chi connectivity index (χ4n) is 2.48. The highest BCUT2D eigenvalue weighted by molar-refractivity contribution is 7.71. The fraction of sp³-hybridized carbons (Fsp3) is 0.111. The molecule has 0 fully saturated rings. The zero-order valence-corrected chi connectivity index (χ0v) is 15.8. The van der Waals surface area contributed by atoms with Crippen LogP contribution in [0.4, 0.5) is 14.5 Å². The zero-order chi connectivity index (χ0) is 21.1. The van der Waals surface area contributed by atoms with Crippen molar-refractivity contribution in [3.05, 3.63) is 69.8 Å². The maximum atomic E-state index is 13.2. The van der Waals surface area contributed by atoms with Crippen LogP contribution in [-0.4, -0.2) is 31.7 Å². The van der Waals surface area contributed by atoms with Crippen molar-refractivity contribution in [1.82, 2.24) is 20.1 Å². The molecule has 1 aromatic heterocycles. The summed E-state index contributed by atoms with van der Waals surface area (Å²) in [4.78, 5) is 24.4. The van der Waals surface area contributed by atoms with Gasteiger partial charge in [0.2, 0.25) is 0 Å². The molecule has 3 aromatic rings. The van der Waals surface area contributed by atoms with Crippen molar-refractivity contribution in [2.45, 2.75) is 6.54 Å². The summed E-state index contributed by atoms with van der Waals surface area (Å²) in [5, 5.41) is 21.6. The Morgan fingerprint density at radius 3 is 2.45 bits per heavy atom. The molecule has 0 spiro atoms. The van der Waals surface area contributed by atoms with Crippen molar-refractivity contribution in [2.75, 3.05) is 5.32 Å². The van der Waals surface area contributed by atoms with E-state index in [1.165, 1.54) is 12.1 Å². The predicted molar refractivity (Wildman–Crippen MR) is 102 cm³/mol. The largest absolute Gasteiger partial charge is 0.507 e. The third-order valence-corrected chi connectivity index (χ3v) is 4.37. The van der Waals surface area contributed by atoms with Crippen LogP contribution in [0.15, 0.2) is 36.4 Å². The second kappa shape index (κ2) is 8.19. The summed E-state index contributed by atoms with van der Waals surface area (Å²) in [7, 11) is 1.69. The van der Waals surface area contributed by atoms with Crippen LogP contribution in [0.5, 0.6) is 5.75 Å². The Morgan fingerprint density at radius 2 is 1.86 bits per heavy atom. The Hall–Kier alpha value is -3.60. The summed E-state index contributed by atoms with van der Waals surface area (Å²) in [5.74, 6) is -3.01. The number of halogens is 2. The maximum absolute atomic E-state index is 13.2. The molecule has 8 nitrogen and oxygen atoms in total. The van der Waals surface area contributed by atoms with E-state index in [4.69, 9.17) is 12.2 Å². The van der Waals surface area contributed by atoms with Crippen LogP contribution >= 0.6 is 12.2 Å². The summed E-state index contributed by atoms with van der Waals surface area (Å²) in [6.07, 6.45) is 0. The van der Waals surface area contributed by atoms with Gasteiger partial charge in [-0.05, 0) is 36.5 Å². The van der Waals surface area contributed by atoms with E-state index in [1.807, 2.05) is 0 Å². The van der Waals surface area contributed by atoms with Gasteiger partial charge in [-0.25, -0.2) is 8.78 Å². The molecule has 2 amide bonds. The van der Waals surface area contributed by atoms with E-state index < -0.39 is 23.4 Å². The van der Waals surface area contributed by atoms with Crippen molar-refractivity contribution in [3.63, 3.8) is 0 Å². The smallest absolute Gasteiger partial charge is 0.255 e. The van der Waals surface area contributed by atoms with Gasteiger partial charge in [-0.15, -0.1) is 0 Å². The molecule has 0 atom stereocenters. The Kier molecular flexibility index (Phi) is 5.69. The summed E-state index contributed by atoms with van der Waals surface area (Å²) in [5.41, 5.74) is -0.114. The molecule has 29 heavy (non-hydrogen) atoms. The standard InChI is InChI=1S/C18H15F2N5O3S/c1-25-15(23-24-18(25)29)8-21-17(28)13-3-2-12(7-14(13)26)22-16(27)9-4-10(19)6-11(20)5-9/h2-7,26H,8H2,1H3,(H,21,28)(H,22,27)(H,24,29). The number of carbonyl (C=O) groups excluding carboxylic acids is 2. The molecular weight excluding hydrogens is 404 g/mol. The lowest BCUT2D eigenvalue weighted by atomic mass is 10.1. The lowest BCUT2D eigenvalue weighted by Gasteiger charge is -2.10. The van der Waals surface area contributed by atoms with Crippen LogP contribution in [0.25, 0.3) is 0 Å². The number of aromatic hydroxyl groups is 1. The van der Waals surface area contributed by atoms with Gasteiger partial charge in [0.15, 0.2) is 10.6 Å². The number of nitrogens with zero attached hydrogens (tertiary/aromatic N) is 2. The molecule has 1 heterocycles. The number of hydrogen-bond acceptors (Lipinski definition) is 5. The first-order valence-corrected chi connectivity index (χ1v) is 8.64. The van der Waals surface area contributed by atoms with E-state index in [1.54, 1.807) is 11.6 Å². The molecule has 0 radical (unpaired) electrons. The van der Waals surface area contributed by atoms with E-state index in [0.29, 0.717) is 16.7 Å². The van der Waals surface area contributed by atoms with Gasteiger partial charge in [0.05, 0.1) is 12.1 Å². The van der Waals surface area contributed by atoms with Crippen LogP contribution in [-0.2, 0) is 13.6 Å². The van der Waals surface area contributed by atoms with Crippen LogP contribution in [0.1, 0.15) is 26.5 Å². The summed E-state index contributed by atoms with van der Waals surface area (Å²) in [6, 6.07) is 6.23. The number of amides is 2. The number of rotatable bonds is 5. The topological polar surface area (TPSA) is 112 Å². The van der Waals surface area contributed by atoms with Gasteiger partial charge in [0.25, 0.3) is 11.8 Å². The van der Waals surface area contributed by atoms with Crippen LogP contribution in [0.2, 0.25) is 0 Å². The van der Waals surface area contributed by atoms with E-state index in [0.717, 1.165) is 18.2 Å². The van der Waals surface area contributed by atoms with Gasteiger partial charge in [0.1, 0.15) is 17.4 Å². The van der Waals surface area contributed by atoms with Gasteiger partial charge >= 0.3 is 0 Å². The van der Waals surface area contributed by atoms with E-state index in [2.05, 4.69) is 20.8 Å². The molecule has 0 aliphatic carbocycles. The minimum Gasteiger partial charge on any atom is -0.507 e. The Balaban J connectivity index is 1.69. The molecule has 4 N–H and O–H groups in total. The monoisotopic (exact) mass is 419 g/mol. The molecule has 11 heteroatoms. The quantitative estimate of drug-likeness (QED) is 0.475. The number of H-pyrrole nitrogens is 1. The van der Waals surface area contributed by atoms with Crippen LogP contribution < -0.4 is 10.6 Å². The zero-order valence-electron chi connectivity index (χ0n) is 15.0. The van der Waals surface area contributed by atoms with Gasteiger partial charge in [-0.1, -0.05) is 0 Å². The first-order chi connectivity index (χ1) is 13.7. The molecule has 0 saturated carbocycles. The van der Waals surface area contributed by atoms with E-state index in [9.17, 15) is 23.5 Å². The number of carbonyl (C=O) groups is 2. The molecular formula is C18H15F2N5O3S. The number of phenolic OH excluding ortho intramolecular Hbond substituents is 1. The summed E-state index contributed by atoms with van der Waals surface area (Å²) >= 11 is 4.98. The number of hydrogen-bond donors (Lipinski definition) is 4. The van der Waals surface area contributed by atoms with E-state index >= 15 is 0 Å². The van der Waals surface area contributed by atoms with Gasteiger partial charge in [0, 0.05) is 30.4 Å². The molecule has 0 unspecified atom stereocenters. The lowest BCUT2D eigenvalue weighted by molar-refractivity contribution is 0.0946. The van der Waals surface area contributed by atoms with Crippen molar-refractivity contribution >= 4 is 29.7 Å². The third-order valence-electron chi connectivity index (χ3n) is 4.00. The Labute approximate surface area is 168 Å². The minimum atomic E-state index is -0.890. The molecule has 0 bridgehead atoms. The average molecular weight is 419 g/mol. The van der Waals surface area contributed by atoms with Crippen molar-refractivity contribution in [2.24, 2.45) is 7.05 Å². The molecule has 0 saturated heterocycles. The summed E-state index contributed by atoms with van der Waals surface area (Å²) in [6.45, 7) is 0.0749. The average Bonchev–Trinajstić information content (AvgIpc) is 2.97. The SMILES string of the molecule is Cn1c(CNC(=O)c2ccc(NC(=O)c3cc(F)cc(F)c3)cc2O)n[nH]c1=S. The summed E-state index contributed by atoms with van der Waals surface area (Å²) < 4.78 is 28.5.